The molecule has 1 saturated heterocycles. The predicted octanol–water partition coefficient (Wildman–Crippen LogP) is 4.20. The number of methoxy groups -OCH3 is 2. The normalized spacial score (nSPS) is 16.6. The van der Waals surface area contributed by atoms with Crippen molar-refractivity contribution in [2.24, 2.45) is 4.99 Å². The van der Waals surface area contributed by atoms with Crippen molar-refractivity contribution < 1.29 is 19.4 Å². The van der Waals surface area contributed by atoms with Gasteiger partial charge in [0.25, 0.3) is 5.91 Å². The molecule has 1 N–H and O–H groups in total. The van der Waals surface area contributed by atoms with E-state index < -0.39 is 0 Å². The maximum absolute atomic E-state index is 12.9. The molecule has 2 aromatic carbocycles. The number of hydrogen-bond donors (Lipinski definition) is 1. The molecule has 1 amide bonds. The average Bonchev–Trinajstić information content (AvgIpc) is 2.97. The minimum atomic E-state index is -0.165. The molecule has 7 heteroatoms. The summed E-state index contributed by atoms with van der Waals surface area (Å²) in [5.74, 6) is 1.23. The number of carbonyl (C=O) groups excluding carboxylic acids is 1. The lowest BCUT2D eigenvalue weighted by molar-refractivity contribution is -0.121. The van der Waals surface area contributed by atoms with Crippen LogP contribution in [0, 0.1) is 0 Å². The fraction of sp³-hybridized carbons (Fsp3) is 0.143. The summed E-state index contributed by atoms with van der Waals surface area (Å²) in [6.07, 6.45) is 3.42. The smallest absolute Gasteiger partial charge is 0.267 e. The number of ether oxygens (including phenoxy) is 2. The molecule has 0 aromatic heterocycles. The Hall–Kier alpha value is -3.19. The van der Waals surface area contributed by atoms with Gasteiger partial charge in [0.2, 0.25) is 0 Å². The molecule has 0 unspecified atom stereocenters. The van der Waals surface area contributed by atoms with Gasteiger partial charge in [0.1, 0.15) is 17.2 Å². The second-order valence-electron chi connectivity index (χ2n) is 5.84. The molecule has 0 saturated carbocycles. The van der Waals surface area contributed by atoms with Crippen LogP contribution in [0.25, 0.3) is 6.08 Å². The van der Waals surface area contributed by atoms with Gasteiger partial charge in [-0.05, 0) is 42.1 Å². The first-order valence-electron chi connectivity index (χ1n) is 8.47. The minimum Gasteiger partial charge on any atom is -0.508 e. The topological polar surface area (TPSA) is 71.4 Å². The molecule has 1 heterocycles. The monoisotopic (exact) mass is 396 g/mol. The van der Waals surface area contributed by atoms with E-state index >= 15 is 0 Å². The zero-order chi connectivity index (χ0) is 20.1. The lowest BCUT2D eigenvalue weighted by Crippen LogP contribution is -2.29. The van der Waals surface area contributed by atoms with Gasteiger partial charge in [-0.15, -0.1) is 6.58 Å². The molecule has 1 aliphatic heterocycles. The summed E-state index contributed by atoms with van der Waals surface area (Å²) in [7, 11) is 3.15. The van der Waals surface area contributed by atoms with Gasteiger partial charge in [-0.1, -0.05) is 12.1 Å². The van der Waals surface area contributed by atoms with Gasteiger partial charge in [0.05, 0.1) is 24.8 Å². The van der Waals surface area contributed by atoms with Crippen molar-refractivity contribution in [2.75, 3.05) is 20.8 Å². The Morgan fingerprint density at radius 1 is 1.21 bits per heavy atom. The standard InChI is InChI=1S/C21H20N2O4S/c1-4-10-23-20(25)19(11-14-8-9-17(26-2)13-18(14)27-3)28-21(23)22-15-6-5-7-16(24)12-15/h4-9,11-13,24H,1,10H2,2-3H3/b19-11-,22-21?. The minimum absolute atomic E-state index is 0.116. The molecule has 28 heavy (non-hydrogen) atoms. The van der Waals surface area contributed by atoms with Crippen molar-refractivity contribution in [1.82, 2.24) is 4.90 Å². The maximum Gasteiger partial charge on any atom is 0.267 e. The van der Waals surface area contributed by atoms with Crippen LogP contribution in [0.4, 0.5) is 5.69 Å². The number of hydrogen-bond acceptors (Lipinski definition) is 6. The van der Waals surface area contributed by atoms with Crippen LogP contribution in [0.5, 0.6) is 17.2 Å². The number of rotatable bonds is 6. The lowest BCUT2D eigenvalue weighted by atomic mass is 10.1. The van der Waals surface area contributed by atoms with E-state index in [0.29, 0.717) is 33.8 Å². The van der Waals surface area contributed by atoms with Crippen LogP contribution >= 0.6 is 11.8 Å². The van der Waals surface area contributed by atoms with Crippen LogP contribution in [-0.2, 0) is 4.79 Å². The predicted molar refractivity (Wildman–Crippen MR) is 112 cm³/mol. The van der Waals surface area contributed by atoms with E-state index in [1.807, 2.05) is 12.1 Å². The van der Waals surface area contributed by atoms with Gasteiger partial charge in [-0.25, -0.2) is 4.99 Å². The van der Waals surface area contributed by atoms with Crippen LogP contribution < -0.4 is 9.47 Å². The summed E-state index contributed by atoms with van der Waals surface area (Å²) < 4.78 is 10.6. The maximum atomic E-state index is 12.9. The van der Waals surface area contributed by atoms with Crippen LogP contribution in [0.1, 0.15) is 5.56 Å². The Kier molecular flexibility index (Phi) is 6.06. The molecular formula is C21H20N2O4S. The third-order valence-electron chi connectivity index (χ3n) is 3.98. The average molecular weight is 396 g/mol. The number of carbonyl (C=O) groups is 1. The molecule has 1 aliphatic rings. The van der Waals surface area contributed by atoms with Crippen LogP contribution in [0.3, 0.4) is 0 Å². The van der Waals surface area contributed by atoms with Gasteiger partial charge in [-0.3, -0.25) is 9.69 Å². The van der Waals surface area contributed by atoms with Crippen molar-refractivity contribution in [3.05, 3.63) is 65.6 Å². The van der Waals surface area contributed by atoms with Crippen molar-refractivity contribution in [3.63, 3.8) is 0 Å². The fourth-order valence-electron chi connectivity index (χ4n) is 2.63. The zero-order valence-electron chi connectivity index (χ0n) is 15.6. The highest BCUT2D eigenvalue weighted by molar-refractivity contribution is 8.18. The summed E-state index contributed by atoms with van der Waals surface area (Å²) in [4.78, 5) is 19.5. The molecule has 144 valence electrons. The molecule has 0 atom stereocenters. The second kappa shape index (κ2) is 8.67. The van der Waals surface area contributed by atoms with Gasteiger partial charge < -0.3 is 14.6 Å². The van der Waals surface area contributed by atoms with Gasteiger partial charge in [0.15, 0.2) is 5.17 Å². The van der Waals surface area contributed by atoms with E-state index in [4.69, 9.17) is 9.47 Å². The Morgan fingerprint density at radius 2 is 2.04 bits per heavy atom. The van der Waals surface area contributed by atoms with E-state index in [2.05, 4.69) is 11.6 Å². The molecule has 3 rings (SSSR count). The molecule has 0 radical (unpaired) electrons. The Bertz CT molecular complexity index is 969. The second-order valence-corrected chi connectivity index (χ2v) is 6.85. The van der Waals surface area contributed by atoms with Gasteiger partial charge in [-0.2, -0.15) is 0 Å². The Balaban J connectivity index is 1.98. The number of aromatic hydroxyl groups is 1. The number of benzene rings is 2. The number of thioether (sulfide) groups is 1. The molecule has 6 nitrogen and oxygen atoms in total. The van der Waals surface area contributed by atoms with Crippen molar-refractivity contribution in [2.45, 2.75) is 0 Å². The summed E-state index contributed by atoms with van der Waals surface area (Å²) >= 11 is 1.26. The van der Waals surface area contributed by atoms with Gasteiger partial charge >= 0.3 is 0 Å². The van der Waals surface area contributed by atoms with Gasteiger partial charge in [0, 0.05) is 24.2 Å². The molecular weight excluding hydrogens is 376 g/mol. The molecule has 0 bridgehead atoms. The first kappa shape index (κ1) is 19.6. The van der Waals surface area contributed by atoms with E-state index in [0.717, 1.165) is 5.56 Å². The lowest BCUT2D eigenvalue weighted by Gasteiger charge is -2.12. The molecule has 0 spiro atoms. The number of phenolic OH excluding ortho intramolecular Hbond substituents is 1. The first-order chi connectivity index (χ1) is 13.5. The highest BCUT2D eigenvalue weighted by Crippen LogP contribution is 2.36. The largest absolute Gasteiger partial charge is 0.508 e. The highest BCUT2D eigenvalue weighted by Gasteiger charge is 2.32. The number of nitrogens with zero attached hydrogens (tertiary/aromatic N) is 2. The Morgan fingerprint density at radius 3 is 2.71 bits per heavy atom. The Labute approximate surface area is 167 Å². The molecule has 2 aromatic rings. The number of amidine groups is 1. The summed E-state index contributed by atoms with van der Waals surface area (Å²) in [5, 5.41) is 10.2. The molecule has 0 aliphatic carbocycles. The van der Waals surface area contributed by atoms with E-state index in [1.54, 1.807) is 61.6 Å². The number of aliphatic imine (C=N–C) groups is 1. The zero-order valence-corrected chi connectivity index (χ0v) is 16.4. The first-order valence-corrected chi connectivity index (χ1v) is 9.29. The summed E-state index contributed by atoms with van der Waals surface area (Å²) in [5.41, 5.74) is 1.32. The van der Waals surface area contributed by atoms with E-state index in [-0.39, 0.29) is 11.7 Å². The number of amides is 1. The van der Waals surface area contributed by atoms with E-state index in [9.17, 15) is 9.90 Å². The quantitative estimate of drug-likeness (QED) is 0.585. The van der Waals surface area contributed by atoms with Crippen molar-refractivity contribution in [1.29, 1.82) is 0 Å². The van der Waals surface area contributed by atoms with E-state index in [1.165, 1.54) is 11.8 Å². The number of phenols is 1. The van der Waals surface area contributed by atoms with Crippen LogP contribution in [0.15, 0.2) is 65.0 Å². The van der Waals surface area contributed by atoms with Crippen LogP contribution in [0.2, 0.25) is 0 Å². The highest BCUT2D eigenvalue weighted by atomic mass is 32.2. The molecule has 1 fully saturated rings. The van der Waals surface area contributed by atoms with Crippen LogP contribution in [-0.4, -0.2) is 41.8 Å². The third-order valence-corrected chi connectivity index (χ3v) is 4.99. The van der Waals surface area contributed by atoms with Crippen molar-refractivity contribution in [3.8, 4) is 17.2 Å². The summed E-state index contributed by atoms with van der Waals surface area (Å²) in [6, 6.07) is 12.0. The van der Waals surface area contributed by atoms with Crippen molar-refractivity contribution >= 4 is 34.6 Å². The third kappa shape index (κ3) is 4.20. The summed E-state index contributed by atoms with van der Waals surface area (Å²) in [6.45, 7) is 4.05. The fourth-order valence-corrected chi connectivity index (χ4v) is 3.63. The SMILES string of the molecule is C=CCN1C(=O)/C(=C/c2ccc(OC)cc2OC)SC1=Nc1cccc(O)c1.